The van der Waals surface area contributed by atoms with Gasteiger partial charge in [0.25, 0.3) is 0 Å². The first-order valence-corrected chi connectivity index (χ1v) is 6.49. The predicted octanol–water partition coefficient (Wildman–Crippen LogP) is 3.92. The van der Waals surface area contributed by atoms with Gasteiger partial charge in [-0.1, -0.05) is 19.8 Å². The summed E-state index contributed by atoms with van der Waals surface area (Å²) in [5, 5.41) is 11.1. The van der Waals surface area contributed by atoms with Gasteiger partial charge >= 0.3 is 12.1 Å². The van der Waals surface area contributed by atoms with Crippen LogP contribution in [0.3, 0.4) is 0 Å². The van der Waals surface area contributed by atoms with Gasteiger partial charge in [-0.05, 0) is 24.6 Å². The molecule has 1 aromatic rings. The van der Waals surface area contributed by atoms with Crippen molar-refractivity contribution in [2.75, 3.05) is 5.32 Å². The maximum atomic E-state index is 12.7. The molecule has 7 heteroatoms. The Morgan fingerprint density at radius 1 is 1.19 bits per heavy atom. The van der Waals surface area contributed by atoms with Gasteiger partial charge < -0.3 is 10.4 Å². The van der Waals surface area contributed by atoms with Crippen LogP contribution in [-0.2, 0) is 11.0 Å². The number of carbonyl (C=O) groups is 2. The molecule has 116 valence electrons. The fraction of sp³-hybridized carbons (Fsp3) is 0.429. The Kier molecular flexibility index (Phi) is 5.75. The molecule has 0 radical (unpaired) electrons. The number of hydrogen-bond acceptors (Lipinski definition) is 2. The van der Waals surface area contributed by atoms with Crippen LogP contribution in [0.5, 0.6) is 0 Å². The van der Waals surface area contributed by atoms with E-state index in [0.717, 1.165) is 25.0 Å². The molecule has 2 N–H and O–H groups in total. The summed E-state index contributed by atoms with van der Waals surface area (Å²) in [6.07, 6.45) is -2.09. The molecule has 0 aliphatic rings. The first-order valence-electron chi connectivity index (χ1n) is 6.49. The van der Waals surface area contributed by atoms with E-state index in [9.17, 15) is 22.8 Å². The molecule has 21 heavy (non-hydrogen) atoms. The SMILES string of the molecule is CCCCCC(=O)Nc1cc(C(=O)O)cc(C(F)(F)F)c1. The van der Waals surface area contributed by atoms with E-state index >= 15 is 0 Å². The van der Waals surface area contributed by atoms with Gasteiger partial charge in [0.05, 0.1) is 11.1 Å². The Bertz CT molecular complexity index is 527. The highest BCUT2D eigenvalue weighted by atomic mass is 19.4. The molecule has 1 aromatic carbocycles. The molecule has 0 saturated carbocycles. The molecule has 0 saturated heterocycles. The number of anilines is 1. The molecule has 0 spiro atoms. The van der Waals surface area contributed by atoms with Gasteiger partial charge in [-0.15, -0.1) is 0 Å². The number of carboxylic acid groups (broad SMARTS) is 1. The molecule has 0 aliphatic heterocycles. The van der Waals surface area contributed by atoms with Gasteiger partial charge in [0.1, 0.15) is 0 Å². The molecule has 1 amide bonds. The molecule has 4 nitrogen and oxygen atoms in total. The van der Waals surface area contributed by atoms with Crippen molar-refractivity contribution in [1.82, 2.24) is 0 Å². The van der Waals surface area contributed by atoms with E-state index in [4.69, 9.17) is 5.11 Å². The van der Waals surface area contributed by atoms with Crippen LogP contribution in [0.2, 0.25) is 0 Å². The average molecular weight is 303 g/mol. The highest BCUT2D eigenvalue weighted by Crippen LogP contribution is 2.32. The van der Waals surface area contributed by atoms with Crippen LogP contribution < -0.4 is 5.32 Å². The highest BCUT2D eigenvalue weighted by molar-refractivity contribution is 5.94. The molecular formula is C14H16F3NO3. The van der Waals surface area contributed by atoms with Crippen molar-refractivity contribution in [2.24, 2.45) is 0 Å². The third-order valence-electron chi connectivity index (χ3n) is 2.80. The quantitative estimate of drug-likeness (QED) is 0.783. The summed E-state index contributed by atoms with van der Waals surface area (Å²) in [5.74, 6) is -1.92. The molecule has 0 bridgehead atoms. The van der Waals surface area contributed by atoms with Crippen LogP contribution >= 0.6 is 0 Å². The van der Waals surface area contributed by atoms with Crippen LogP contribution in [0.25, 0.3) is 0 Å². The molecule has 0 atom stereocenters. The minimum Gasteiger partial charge on any atom is -0.478 e. The summed E-state index contributed by atoms with van der Waals surface area (Å²) < 4.78 is 38.1. The smallest absolute Gasteiger partial charge is 0.416 e. The first kappa shape index (κ1) is 17.0. The maximum Gasteiger partial charge on any atom is 0.416 e. The van der Waals surface area contributed by atoms with Crippen molar-refractivity contribution in [2.45, 2.75) is 38.8 Å². The van der Waals surface area contributed by atoms with E-state index in [1.165, 1.54) is 0 Å². The normalized spacial score (nSPS) is 11.2. The number of hydrogen-bond donors (Lipinski definition) is 2. The van der Waals surface area contributed by atoms with Gasteiger partial charge in [-0.25, -0.2) is 4.79 Å². The molecule has 0 fully saturated rings. The standard InChI is InChI=1S/C14H16F3NO3/c1-2-3-4-5-12(19)18-11-7-9(13(20)21)6-10(8-11)14(15,16)17/h6-8H,2-5H2,1H3,(H,18,19)(H,20,21). The van der Waals surface area contributed by atoms with Crippen molar-refractivity contribution >= 4 is 17.6 Å². The van der Waals surface area contributed by atoms with Gasteiger partial charge in [0.2, 0.25) is 5.91 Å². The number of rotatable bonds is 6. The van der Waals surface area contributed by atoms with E-state index in [0.29, 0.717) is 12.5 Å². The third-order valence-corrected chi connectivity index (χ3v) is 2.80. The summed E-state index contributed by atoms with van der Waals surface area (Å²) in [4.78, 5) is 22.4. The monoisotopic (exact) mass is 303 g/mol. The Labute approximate surface area is 120 Å². The van der Waals surface area contributed by atoms with Crippen LogP contribution in [0.1, 0.15) is 48.5 Å². The van der Waals surface area contributed by atoms with Gasteiger partial charge in [0, 0.05) is 12.1 Å². The zero-order chi connectivity index (χ0) is 16.0. The predicted molar refractivity (Wildman–Crippen MR) is 71.2 cm³/mol. The Hall–Kier alpha value is -2.05. The molecule has 0 aliphatic carbocycles. The summed E-state index contributed by atoms with van der Waals surface area (Å²) in [6.45, 7) is 1.96. The Morgan fingerprint density at radius 3 is 2.38 bits per heavy atom. The van der Waals surface area contributed by atoms with E-state index in [1.54, 1.807) is 0 Å². The average Bonchev–Trinajstić information content (AvgIpc) is 2.37. The molecule has 0 unspecified atom stereocenters. The molecular weight excluding hydrogens is 287 g/mol. The first-order chi connectivity index (χ1) is 9.74. The van der Waals surface area contributed by atoms with Crippen LogP contribution in [-0.4, -0.2) is 17.0 Å². The van der Waals surface area contributed by atoms with Crippen molar-refractivity contribution in [3.63, 3.8) is 0 Å². The second kappa shape index (κ2) is 7.10. The number of alkyl halides is 3. The number of carboxylic acids is 1. The second-order valence-corrected chi connectivity index (χ2v) is 4.61. The zero-order valence-corrected chi connectivity index (χ0v) is 11.5. The lowest BCUT2D eigenvalue weighted by atomic mass is 10.1. The van der Waals surface area contributed by atoms with E-state index in [1.807, 2.05) is 6.92 Å². The minimum absolute atomic E-state index is 0.163. The van der Waals surface area contributed by atoms with Gasteiger partial charge in [-0.3, -0.25) is 4.79 Å². The lowest BCUT2D eigenvalue weighted by molar-refractivity contribution is -0.137. The molecule has 1 rings (SSSR count). The molecule has 0 heterocycles. The Morgan fingerprint density at radius 2 is 1.86 bits per heavy atom. The van der Waals surface area contributed by atoms with Crippen LogP contribution in [0.15, 0.2) is 18.2 Å². The number of nitrogens with one attached hydrogen (secondary N) is 1. The maximum absolute atomic E-state index is 12.7. The largest absolute Gasteiger partial charge is 0.478 e. The minimum atomic E-state index is -4.67. The fourth-order valence-corrected chi connectivity index (χ4v) is 1.75. The number of unbranched alkanes of at least 4 members (excludes halogenated alkanes) is 2. The lowest BCUT2D eigenvalue weighted by Gasteiger charge is -2.11. The lowest BCUT2D eigenvalue weighted by Crippen LogP contribution is -2.14. The third kappa shape index (κ3) is 5.45. The molecule has 0 aromatic heterocycles. The number of halogens is 3. The topological polar surface area (TPSA) is 66.4 Å². The van der Waals surface area contributed by atoms with Crippen molar-refractivity contribution in [3.05, 3.63) is 29.3 Å². The number of aromatic carboxylic acids is 1. The summed E-state index contributed by atoms with van der Waals surface area (Å²) in [7, 11) is 0. The highest BCUT2D eigenvalue weighted by Gasteiger charge is 2.32. The summed E-state index contributed by atoms with van der Waals surface area (Å²) >= 11 is 0. The number of benzene rings is 1. The van der Waals surface area contributed by atoms with Crippen LogP contribution in [0, 0.1) is 0 Å². The van der Waals surface area contributed by atoms with Crippen molar-refractivity contribution in [3.8, 4) is 0 Å². The van der Waals surface area contributed by atoms with Crippen LogP contribution in [0.4, 0.5) is 18.9 Å². The van der Waals surface area contributed by atoms with Gasteiger partial charge in [0.15, 0.2) is 0 Å². The fourth-order valence-electron chi connectivity index (χ4n) is 1.75. The Balaban J connectivity index is 2.93. The van der Waals surface area contributed by atoms with E-state index < -0.39 is 29.2 Å². The number of amides is 1. The van der Waals surface area contributed by atoms with Crippen molar-refractivity contribution in [1.29, 1.82) is 0 Å². The summed E-state index contributed by atoms with van der Waals surface area (Å²) in [6, 6.07) is 2.27. The number of carbonyl (C=O) groups excluding carboxylic acids is 1. The van der Waals surface area contributed by atoms with E-state index in [2.05, 4.69) is 5.32 Å². The van der Waals surface area contributed by atoms with E-state index in [-0.39, 0.29) is 12.1 Å². The second-order valence-electron chi connectivity index (χ2n) is 4.61. The summed E-state index contributed by atoms with van der Waals surface area (Å²) in [5.41, 5.74) is -1.79. The van der Waals surface area contributed by atoms with Gasteiger partial charge in [-0.2, -0.15) is 13.2 Å². The van der Waals surface area contributed by atoms with Crippen molar-refractivity contribution < 1.29 is 27.9 Å². The zero-order valence-electron chi connectivity index (χ0n) is 11.5.